The fraction of sp³-hybridized carbons (Fsp3) is 0.321. The maximum Gasteiger partial charge on any atom is 0.186 e. The van der Waals surface area contributed by atoms with Gasteiger partial charge in [-0.2, -0.15) is 0 Å². The quantitative estimate of drug-likeness (QED) is 0.0375. The predicted octanol–water partition coefficient (Wildman–Crippen LogP) is 10.6. The van der Waals surface area contributed by atoms with Crippen LogP contribution < -0.4 is 0 Å². The zero-order valence-electron chi connectivity index (χ0n) is 37.3. The number of rotatable bonds is 22. The Labute approximate surface area is 403 Å². The highest BCUT2D eigenvalue weighted by atomic mass is 127. The van der Waals surface area contributed by atoms with Gasteiger partial charge in [-0.05, 0) is 33.4 Å². The highest BCUT2D eigenvalue weighted by molar-refractivity contribution is 14.1. The molecular formula is C56H59IO9. The van der Waals surface area contributed by atoms with E-state index in [0.717, 1.165) is 33.4 Å². The minimum absolute atomic E-state index is 0.322. The van der Waals surface area contributed by atoms with Crippen LogP contribution in [0.4, 0.5) is 0 Å². The first-order valence-corrected chi connectivity index (χ1v) is 24.2. The molecule has 2 fully saturated rings. The Bertz CT molecular complexity index is 2110. The molecule has 0 radical (unpaired) electrons. The zero-order chi connectivity index (χ0) is 45.2. The molecular weight excluding hydrogens is 944 g/mol. The molecule has 0 N–H and O–H groups in total. The van der Waals surface area contributed by atoms with E-state index < -0.39 is 55.1 Å². The summed E-state index contributed by atoms with van der Waals surface area (Å²) in [5, 5.41) is 0. The van der Waals surface area contributed by atoms with Crippen molar-refractivity contribution in [2.45, 2.75) is 101 Å². The largest absolute Gasteiger partial charge is 0.368 e. The molecule has 10 heteroatoms. The third-order valence-electron chi connectivity index (χ3n) is 11.8. The molecule has 0 amide bonds. The fourth-order valence-electron chi connectivity index (χ4n) is 8.36. The number of hydrogen-bond donors (Lipinski definition) is 0. The van der Waals surface area contributed by atoms with Gasteiger partial charge in [0.15, 0.2) is 6.29 Å². The summed E-state index contributed by atoms with van der Waals surface area (Å²) in [4.78, 5) is 0. The monoisotopic (exact) mass is 1000 g/mol. The van der Waals surface area contributed by atoms with Gasteiger partial charge >= 0.3 is 0 Å². The summed E-state index contributed by atoms with van der Waals surface area (Å²) in [6.45, 7) is 2.09. The molecule has 0 aromatic heterocycles. The van der Waals surface area contributed by atoms with Crippen molar-refractivity contribution >= 4 is 22.6 Å². The average molecular weight is 1000 g/mol. The van der Waals surface area contributed by atoms with Crippen molar-refractivity contribution in [2.24, 2.45) is 0 Å². The molecule has 2 aliphatic rings. The van der Waals surface area contributed by atoms with E-state index in [4.69, 9.17) is 42.6 Å². The SMILES string of the molecule is CO[C@H]1O[C@H](/C=C\[C@@H]2O[C@H](CI)[C@H](OCc3ccccc3)[C@H](OCc3ccccc3)[C@H]2OCc2ccccc2)[C@H](OCc2ccccc2)[C@H](OCc2ccccc2)[C@H]1OCc1ccccc1. The molecule has 0 saturated carbocycles. The lowest BCUT2D eigenvalue weighted by Crippen LogP contribution is -2.61. The first-order valence-electron chi connectivity index (χ1n) is 22.7. The van der Waals surface area contributed by atoms with Crippen LogP contribution in [-0.2, 0) is 82.3 Å². The van der Waals surface area contributed by atoms with E-state index in [1.807, 2.05) is 133 Å². The van der Waals surface area contributed by atoms with Gasteiger partial charge in [-0.1, -0.05) is 217 Å². The highest BCUT2D eigenvalue weighted by Gasteiger charge is 2.50. The standard InChI is InChI=1S/C56H59IO9/c1-58-56-55(64-40-46-30-18-7-19-31-46)54(63-39-45-28-16-6-17-29-45)51(60-36-42-22-10-3-11-23-42)48(66-56)33-32-47-50(59-35-41-20-8-2-9-21-41)53(62-38-44-26-14-5-15-27-44)52(49(34-57)65-47)61-37-43-24-12-4-13-25-43/h2-33,47-56H,34-40H2,1H3/b33-32-/t47-,48+,49+,50-,51-,52-,53+,54-,55+,56-/m0/s1. The molecule has 0 aliphatic carbocycles. The van der Waals surface area contributed by atoms with Crippen LogP contribution in [0.25, 0.3) is 0 Å². The fourth-order valence-corrected chi connectivity index (χ4v) is 9.07. The van der Waals surface area contributed by atoms with Gasteiger partial charge in [0.05, 0.1) is 45.7 Å². The molecule has 2 saturated heterocycles. The molecule has 8 rings (SSSR count). The van der Waals surface area contributed by atoms with Gasteiger partial charge in [-0.3, -0.25) is 0 Å². The lowest BCUT2D eigenvalue weighted by atomic mass is 9.92. The molecule has 2 aliphatic heterocycles. The third-order valence-corrected chi connectivity index (χ3v) is 12.7. The molecule has 66 heavy (non-hydrogen) atoms. The Morgan fingerprint density at radius 1 is 0.364 bits per heavy atom. The van der Waals surface area contributed by atoms with Gasteiger partial charge in [0.1, 0.15) is 48.8 Å². The summed E-state index contributed by atoms with van der Waals surface area (Å²) < 4.78 is 61.9. The Morgan fingerprint density at radius 3 is 0.955 bits per heavy atom. The van der Waals surface area contributed by atoms with Crippen LogP contribution in [0.3, 0.4) is 0 Å². The van der Waals surface area contributed by atoms with E-state index in [2.05, 4.69) is 83.3 Å². The van der Waals surface area contributed by atoms with E-state index >= 15 is 0 Å². The molecule has 9 nitrogen and oxygen atoms in total. The van der Waals surface area contributed by atoms with Gasteiger partial charge in [-0.25, -0.2) is 0 Å². The highest BCUT2D eigenvalue weighted by Crippen LogP contribution is 2.35. The van der Waals surface area contributed by atoms with E-state index in [1.165, 1.54) is 0 Å². The summed E-state index contributed by atoms with van der Waals surface area (Å²) in [5.41, 5.74) is 6.22. The number of methoxy groups -OCH3 is 1. The molecule has 2 heterocycles. The van der Waals surface area contributed by atoms with Crippen LogP contribution in [-0.4, -0.2) is 72.8 Å². The number of alkyl halides is 1. The average Bonchev–Trinajstić information content (AvgIpc) is 3.38. The normalized spacial score (nSPS) is 25.5. The van der Waals surface area contributed by atoms with E-state index in [1.54, 1.807) is 7.11 Å². The Hall–Kier alpha value is -4.57. The van der Waals surface area contributed by atoms with Crippen LogP contribution in [0.2, 0.25) is 0 Å². The van der Waals surface area contributed by atoms with E-state index in [0.29, 0.717) is 44.1 Å². The Morgan fingerprint density at radius 2 is 0.636 bits per heavy atom. The van der Waals surface area contributed by atoms with Gasteiger partial charge in [-0.15, -0.1) is 0 Å². The molecule has 6 aromatic rings. The van der Waals surface area contributed by atoms with E-state index in [-0.39, 0.29) is 6.10 Å². The van der Waals surface area contributed by atoms with Crippen molar-refractivity contribution < 1.29 is 42.6 Å². The molecule has 0 bridgehead atoms. The van der Waals surface area contributed by atoms with Crippen molar-refractivity contribution in [3.05, 3.63) is 228 Å². The number of halogens is 1. The Balaban J connectivity index is 1.14. The van der Waals surface area contributed by atoms with E-state index in [9.17, 15) is 0 Å². The van der Waals surface area contributed by atoms with Crippen molar-refractivity contribution in [1.82, 2.24) is 0 Å². The molecule has 10 atom stereocenters. The lowest BCUT2D eigenvalue weighted by molar-refractivity contribution is -0.309. The van der Waals surface area contributed by atoms with Crippen molar-refractivity contribution in [2.75, 3.05) is 11.5 Å². The van der Waals surface area contributed by atoms with Crippen molar-refractivity contribution in [3.63, 3.8) is 0 Å². The maximum absolute atomic E-state index is 7.06. The summed E-state index contributed by atoms with van der Waals surface area (Å²) in [7, 11) is 1.64. The molecule has 344 valence electrons. The second-order valence-corrected chi connectivity index (χ2v) is 17.3. The summed E-state index contributed by atoms with van der Waals surface area (Å²) >= 11 is 2.39. The van der Waals surface area contributed by atoms with Gasteiger partial charge in [0.25, 0.3) is 0 Å². The number of hydrogen-bond acceptors (Lipinski definition) is 9. The second kappa shape index (κ2) is 25.5. The van der Waals surface area contributed by atoms with Crippen molar-refractivity contribution in [3.8, 4) is 0 Å². The van der Waals surface area contributed by atoms with Crippen LogP contribution in [0.5, 0.6) is 0 Å². The van der Waals surface area contributed by atoms with Crippen LogP contribution >= 0.6 is 22.6 Å². The Kier molecular flexibility index (Phi) is 18.5. The van der Waals surface area contributed by atoms with Crippen molar-refractivity contribution in [1.29, 1.82) is 0 Å². The number of benzene rings is 6. The summed E-state index contributed by atoms with van der Waals surface area (Å²) in [6, 6.07) is 60.9. The summed E-state index contributed by atoms with van der Waals surface area (Å²) in [6.07, 6.45) is -1.70. The minimum atomic E-state index is -0.794. The number of ether oxygens (including phenoxy) is 9. The predicted molar refractivity (Wildman–Crippen MR) is 262 cm³/mol. The molecule has 0 spiro atoms. The minimum Gasteiger partial charge on any atom is -0.368 e. The van der Waals surface area contributed by atoms with Crippen LogP contribution in [0, 0.1) is 0 Å². The van der Waals surface area contributed by atoms with Crippen LogP contribution in [0.1, 0.15) is 33.4 Å². The lowest BCUT2D eigenvalue weighted by Gasteiger charge is -2.46. The second-order valence-electron chi connectivity index (χ2n) is 16.5. The summed E-state index contributed by atoms with van der Waals surface area (Å²) in [5.74, 6) is 0. The maximum atomic E-state index is 7.06. The van der Waals surface area contributed by atoms with Gasteiger partial charge < -0.3 is 42.6 Å². The van der Waals surface area contributed by atoms with Gasteiger partial charge in [0, 0.05) is 11.5 Å². The topological polar surface area (TPSA) is 83.1 Å². The van der Waals surface area contributed by atoms with Gasteiger partial charge in [0.2, 0.25) is 0 Å². The first kappa shape index (κ1) is 47.9. The molecule has 6 aromatic carbocycles. The zero-order valence-corrected chi connectivity index (χ0v) is 39.4. The first-order chi connectivity index (χ1) is 32.6. The van der Waals surface area contributed by atoms with Crippen LogP contribution in [0.15, 0.2) is 194 Å². The third kappa shape index (κ3) is 13.5. The molecule has 0 unspecified atom stereocenters. The smallest absolute Gasteiger partial charge is 0.186 e.